The Morgan fingerprint density at radius 1 is 1.17 bits per heavy atom. The maximum atomic E-state index is 9.78. The van der Waals surface area contributed by atoms with Crippen LogP contribution >= 0.6 is 11.6 Å². The van der Waals surface area contributed by atoms with Crippen molar-refractivity contribution in [2.75, 3.05) is 19.7 Å². The van der Waals surface area contributed by atoms with Crippen molar-refractivity contribution in [1.82, 2.24) is 15.1 Å². The summed E-state index contributed by atoms with van der Waals surface area (Å²) >= 11 is 6.00. The number of aliphatic hydroxyl groups excluding tert-OH is 1. The Morgan fingerprint density at radius 3 is 2.79 bits per heavy atom. The highest BCUT2D eigenvalue weighted by Gasteiger charge is 2.33. The van der Waals surface area contributed by atoms with Crippen molar-refractivity contribution in [3.8, 4) is 0 Å². The van der Waals surface area contributed by atoms with Gasteiger partial charge in [0.05, 0.1) is 11.7 Å². The average Bonchev–Trinajstić information content (AvgIpc) is 3.21. The Morgan fingerprint density at radius 2 is 2.00 bits per heavy atom. The fraction of sp³-hybridized carbons (Fsp3) is 0.316. The van der Waals surface area contributed by atoms with Crippen molar-refractivity contribution in [1.29, 1.82) is 0 Å². The predicted molar refractivity (Wildman–Crippen MR) is 96.1 cm³/mol. The van der Waals surface area contributed by atoms with E-state index in [2.05, 4.69) is 45.4 Å². The summed E-state index contributed by atoms with van der Waals surface area (Å²) in [7, 11) is 0. The summed E-state index contributed by atoms with van der Waals surface area (Å²) in [6.07, 6.45) is 1.84. The highest BCUT2D eigenvalue weighted by molar-refractivity contribution is 6.30. The van der Waals surface area contributed by atoms with E-state index in [1.54, 1.807) is 0 Å². The van der Waals surface area contributed by atoms with Crippen molar-refractivity contribution < 1.29 is 5.11 Å². The number of aromatic nitrogens is 2. The Bertz CT molecular complexity index is 830. The summed E-state index contributed by atoms with van der Waals surface area (Å²) in [4.78, 5) is 2.41. The molecule has 2 atom stereocenters. The number of aromatic amines is 1. The first-order chi connectivity index (χ1) is 11.7. The van der Waals surface area contributed by atoms with Crippen LogP contribution in [-0.4, -0.2) is 39.9 Å². The summed E-state index contributed by atoms with van der Waals surface area (Å²) in [5.74, 6) is 0.616. The first-order valence-electron chi connectivity index (χ1n) is 8.23. The largest absolute Gasteiger partial charge is 0.396 e. The number of rotatable bonds is 4. The van der Waals surface area contributed by atoms with Crippen molar-refractivity contribution in [3.63, 3.8) is 0 Å². The molecule has 4 nitrogen and oxygen atoms in total. The Kier molecular flexibility index (Phi) is 4.27. The molecule has 0 amide bonds. The molecule has 124 valence electrons. The Labute approximate surface area is 146 Å². The molecule has 2 aromatic carbocycles. The molecule has 1 aliphatic rings. The van der Waals surface area contributed by atoms with E-state index in [0.717, 1.165) is 35.6 Å². The predicted octanol–water partition coefficient (Wildman–Crippen LogP) is 3.42. The van der Waals surface area contributed by atoms with E-state index >= 15 is 0 Å². The van der Waals surface area contributed by atoms with Gasteiger partial charge < -0.3 is 5.11 Å². The monoisotopic (exact) mass is 341 g/mol. The molecule has 2 N–H and O–H groups in total. The van der Waals surface area contributed by atoms with Gasteiger partial charge in [0.1, 0.15) is 0 Å². The molecule has 2 heterocycles. The van der Waals surface area contributed by atoms with Gasteiger partial charge in [-0.15, -0.1) is 0 Å². The van der Waals surface area contributed by atoms with Crippen LogP contribution in [0.15, 0.2) is 48.7 Å². The van der Waals surface area contributed by atoms with Crippen LogP contribution in [0.4, 0.5) is 0 Å². The molecule has 0 bridgehead atoms. The summed E-state index contributed by atoms with van der Waals surface area (Å²) < 4.78 is 0. The number of likely N-dealkylation sites (tertiary alicyclic amines) is 1. The summed E-state index contributed by atoms with van der Waals surface area (Å²) in [5.41, 5.74) is 3.59. The molecule has 0 spiro atoms. The molecule has 3 aromatic rings. The van der Waals surface area contributed by atoms with Crippen LogP contribution in [0, 0.1) is 5.92 Å². The number of hydrogen-bond donors (Lipinski definition) is 2. The summed E-state index contributed by atoms with van der Waals surface area (Å²) in [6.45, 7) is 2.96. The molecule has 0 radical (unpaired) electrons. The molecule has 24 heavy (non-hydrogen) atoms. The summed E-state index contributed by atoms with van der Waals surface area (Å²) in [5, 5.41) is 18.8. The molecule has 0 unspecified atom stereocenters. The molecule has 1 fully saturated rings. The quantitative estimate of drug-likeness (QED) is 0.764. The van der Waals surface area contributed by atoms with Crippen LogP contribution < -0.4 is 0 Å². The Balaban J connectivity index is 1.51. The maximum absolute atomic E-state index is 9.78. The first-order valence-corrected chi connectivity index (χ1v) is 8.61. The normalized spacial score (nSPS) is 21.6. The van der Waals surface area contributed by atoms with Gasteiger partial charge in [-0.25, -0.2) is 0 Å². The highest BCUT2D eigenvalue weighted by atomic mass is 35.5. The number of nitrogens with zero attached hydrogens (tertiary/aromatic N) is 2. The van der Waals surface area contributed by atoms with Gasteiger partial charge in [0.2, 0.25) is 0 Å². The molecular formula is C19H20ClN3O. The topological polar surface area (TPSA) is 52.1 Å². The number of nitrogens with one attached hydrogen (secondary N) is 1. The zero-order valence-corrected chi connectivity index (χ0v) is 14.1. The van der Waals surface area contributed by atoms with Crippen LogP contribution in [0.25, 0.3) is 10.9 Å². The fourth-order valence-electron chi connectivity index (χ4n) is 3.70. The fourth-order valence-corrected chi connectivity index (χ4v) is 3.83. The first kappa shape index (κ1) is 15.6. The number of hydrogen-bond acceptors (Lipinski definition) is 3. The van der Waals surface area contributed by atoms with E-state index in [0.29, 0.717) is 5.92 Å². The zero-order valence-electron chi connectivity index (χ0n) is 13.3. The number of fused-ring (bicyclic) bond motifs is 1. The standard InChI is InChI=1S/C19H20ClN3O/c20-17-5-3-14(4-6-17)18-11-23(10-16(18)12-24)9-13-1-2-15-8-21-22-19(15)7-13/h1-8,16,18,24H,9-12H2,(H,21,22)/t16-,18-/m0/s1. The SMILES string of the molecule is OC[C@@H]1CN(Cc2ccc3cn[nH]c3c2)C[C@H]1c1ccc(Cl)cc1. The average molecular weight is 342 g/mol. The second kappa shape index (κ2) is 6.55. The minimum Gasteiger partial charge on any atom is -0.396 e. The molecule has 1 aliphatic heterocycles. The van der Waals surface area contributed by atoms with Crippen LogP contribution in [-0.2, 0) is 6.54 Å². The van der Waals surface area contributed by atoms with Crippen molar-refractivity contribution in [3.05, 3.63) is 64.8 Å². The number of H-pyrrole nitrogens is 1. The third-order valence-corrected chi connectivity index (χ3v) is 5.21. The lowest BCUT2D eigenvalue weighted by Crippen LogP contribution is -2.20. The van der Waals surface area contributed by atoms with Crippen LogP contribution in [0.2, 0.25) is 5.02 Å². The van der Waals surface area contributed by atoms with Crippen LogP contribution in [0.3, 0.4) is 0 Å². The van der Waals surface area contributed by atoms with Gasteiger partial charge in [0.15, 0.2) is 0 Å². The van der Waals surface area contributed by atoms with Gasteiger partial charge in [-0.3, -0.25) is 10.00 Å². The third-order valence-electron chi connectivity index (χ3n) is 4.96. The van der Waals surface area contributed by atoms with E-state index in [1.807, 2.05) is 18.3 Å². The zero-order chi connectivity index (χ0) is 16.5. The lowest BCUT2D eigenvalue weighted by molar-refractivity contribution is 0.214. The Hall–Kier alpha value is -1.88. The minimum atomic E-state index is 0.212. The third kappa shape index (κ3) is 3.05. The lowest BCUT2D eigenvalue weighted by atomic mass is 9.90. The minimum absolute atomic E-state index is 0.212. The second-order valence-corrected chi connectivity index (χ2v) is 7.02. The number of aliphatic hydroxyl groups is 1. The molecule has 5 heteroatoms. The highest BCUT2D eigenvalue weighted by Crippen LogP contribution is 2.33. The molecule has 0 saturated carbocycles. The van der Waals surface area contributed by atoms with Crippen LogP contribution in [0.5, 0.6) is 0 Å². The molecule has 4 rings (SSSR count). The lowest BCUT2D eigenvalue weighted by Gasteiger charge is -2.17. The van der Waals surface area contributed by atoms with E-state index in [1.165, 1.54) is 11.1 Å². The van der Waals surface area contributed by atoms with Crippen LogP contribution in [0.1, 0.15) is 17.0 Å². The van der Waals surface area contributed by atoms with Crippen molar-refractivity contribution in [2.24, 2.45) is 5.92 Å². The van der Waals surface area contributed by atoms with E-state index < -0.39 is 0 Å². The van der Waals surface area contributed by atoms with Crippen molar-refractivity contribution in [2.45, 2.75) is 12.5 Å². The van der Waals surface area contributed by atoms with E-state index in [4.69, 9.17) is 11.6 Å². The second-order valence-electron chi connectivity index (χ2n) is 6.59. The van der Waals surface area contributed by atoms with Gasteiger partial charge in [0.25, 0.3) is 0 Å². The van der Waals surface area contributed by atoms with E-state index in [9.17, 15) is 5.11 Å². The van der Waals surface area contributed by atoms with Crippen molar-refractivity contribution >= 4 is 22.5 Å². The molecule has 0 aliphatic carbocycles. The van der Waals surface area contributed by atoms with Gasteiger partial charge in [-0.2, -0.15) is 5.10 Å². The van der Waals surface area contributed by atoms with E-state index in [-0.39, 0.29) is 12.5 Å². The van der Waals surface area contributed by atoms with Gasteiger partial charge >= 0.3 is 0 Å². The van der Waals surface area contributed by atoms with Gasteiger partial charge in [0, 0.05) is 48.5 Å². The summed E-state index contributed by atoms with van der Waals surface area (Å²) in [6, 6.07) is 14.4. The number of halogens is 1. The molecule has 1 aromatic heterocycles. The number of benzene rings is 2. The van der Waals surface area contributed by atoms with Gasteiger partial charge in [-0.05, 0) is 29.3 Å². The van der Waals surface area contributed by atoms with Gasteiger partial charge in [-0.1, -0.05) is 35.9 Å². The smallest absolute Gasteiger partial charge is 0.0653 e. The molecular weight excluding hydrogens is 322 g/mol. The molecule has 1 saturated heterocycles. The maximum Gasteiger partial charge on any atom is 0.0653 e.